The van der Waals surface area contributed by atoms with E-state index in [1.54, 1.807) is 0 Å². The van der Waals surface area contributed by atoms with E-state index in [1.165, 1.54) is 29.7 Å². The lowest BCUT2D eigenvalue weighted by molar-refractivity contribution is 0.0606. The Morgan fingerprint density at radius 1 is 1.50 bits per heavy atom. The number of esters is 1. The number of ether oxygens (including phenoxy) is 1. The number of carbonyl (C=O) groups is 1. The first kappa shape index (κ1) is 15.2. The third-order valence-electron chi connectivity index (χ3n) is 4.34. The molecule has 0 aliphatic carbocycles. The quantitative estimate of drug-likeness (QED) is 0.813. The Labute approximate surface area is 134 Å². The molecule has 0 saturated carbocycles. The summed E-state index contributed by atoms with van der Waals surface area (Å²) in [5, 5.41) is 0. The van der Waals surface area contributed by atoms with Crippen LogP contribution in [0.4, 0.5) is 0 Å². The molecular formula is C16H21N3O2S. The smallest absolute Gasteiger partial charge is 0.348 e. The first-order valence-electron chi connectivity index (χ1n) is 7.54. The van der Waals surface area contributed by atoms with Crippen LogP contribution in [0, 0.1) is 5.92 Å². The summed E-state index contributed by atoms with van der Waals surface area (Å²) in [6.45, 7) is 5.31. The first-order chi connectivity index (χ1) is 10.7. The lowest BCUT2D eigenvalue weighted by Gasteiger charge is -2.37. The number of imidazole rings is 1. The van der Waals surface area contributed by atoms with Crippen molar-refractivity contribution in [1.82, 2.24) is 14.5 Å². The number of hydrogen-bond donors (Lipinski definition) is 0. The molecule has 6 heteroatoms. The molecule has 0 radical (unpaired) electrons. The van der Waals surface area contributed by atoms with E-state index in [0.29, 0.717) is 16.8 Å². The average molecular weight is 319 g/mol. The minimum absolute atomic E-state index is 0.250. The van der Waals surface area contributed by atoms with E-state index in [0.717, 1.165) is 19.6 Å². The number of likely N-dealkylation sites (tertiary alicyclic amines) is 1. The second kappa shape index (κ2) is 6.62. The van der Waals surface area contributed by atoms with E-state index in [1.807, 2.05) is 30.9 Å². The van der Waals surface area contributed by atoms with Crippen LogP contribution in [0.2, 0.25) is 0 Å². The van der Waals surface area contributed by atoms with Crippen LogP contribution in [-0.2, 0) is 11.3 Å². The molecule has 3 heterocycles. The number of rotatable bonds is 4. The predicted molar refractivity (Wildman–Crippen MR) is 86.0 cm³/mol. The molecule has 1 saturated heterocycles. The molecule has 0 amide bonds. The third kappa shape index (κ3) is 3.23. The Hall–Kier alpha value is -1.66. The van der Waals surface area contributed by atoms with Crippen molar-refractivity contribution in [3.63, 3.8) is 0 Å². The van der Waals surface area contributed by atoms with Gasteiger partial charge < -0.3 is 9.30 Å². The number of hydrogen-bond acceptors (Lipinski definition) is 5. The molecule has 0 bridgehead atoms. The summed E-state index contributed by atoms with van der Waals surface area (Å²) in [5.74, 6) is 0.402. The molecule has 0 unspecified atom stereocenters. The van der Waals surface area contributed by atoms with Gasteiger partial charge in [-0.2, -0.15) is 0 Å². The van der Waals surface area contributed by atoms with E-state index in [4.69, 9.17) is 4.74 Å². The standard InChI is InChI=1S/C16H21N3O2S/c1-12-5-7-18(10-14(12)19-8-6-17-11-19)9-13-3-4-15(22-13)16(20)21-2/h3-4,6,8,11-12,14H,5,7,9-10H2,1-2H3/t12-,14-/m0/s1. The van der Waals surface area contributed by atoms with Gasteiger partial charge in [0.25, 0.3) is 0 Å². The van der Waals surface area contributed by atoms with E-state index >= 15 is 0 Å². The first-order valence-corrected chi connectivity index (χ1v) is 8.36. The average Bonchev–Trinajstić information content (AvgIpc) is 3.20. The Morgan fingerprint density at radius 3 is 3.09 bits per heavy atom. The Balaban J connectivity index is 1.65. The maximum Gasteiger partial charge on any atom is 0.348 e. The Bertz CT molecular complexity index is 623. The minimum Gasteiger partial charge on any atom is -0.465 e. The zero-order valence-electron chi connectivity index (χ0n) is 12.9. The van der Waals surface area contributed by atoms with Crippen LogP contribution in [0.5, 0.6) is 0 Å². The third-order valence-corrected chi connectivity index (χ3v) is 5.39. The highest BCUT2D eigenvalue weighted by Crippen LogP contribution is 2.29. The van der Waals surface area contributed by atoms with E-state index in [-0.39, 0.29) is 5.97 Å². The van der Waals surface area contributed by atoms with Crippen LogP contribution in [0.25, 0.3) is 0 Å². The lowest BCUT2D eigenvalue weighted by Crippen LogP contribution is -2.39. The fraction of sp³-hybridized carbons (Fsp3) is 0.500. The maximum atomic E-state index is 11.5. The van der Waals surface area contributed by atoms with Crippen molar-refractivity contribution in [2.45, 2.75) is 25.9 Å². The van der Waals surface area contributed by atoms with Crippen molar-refractivity contribution in [3.05, 3.63) is 40.6 Å². The van der Waals surface area contributed by atoms with Crippen molar-refractivity contribution >= 4 is 17.3 Å². The number of methoxy groups -OCH3 is 1. The number of nitrogens with zero attached hydrogens (tertiary/aromatic N) is 3. The topological polar surface area (TPSA) is 47.4 Å². The summed E-state index contributed by atoms with van der Waals surface area (Å²) >= 11 is 1.52. The highest BCUT2D eigenvalue weighted by Gasteiger charge is 2.27. The number of carbonyl (C=O) groups excluding carboxylic acids is 1. The molecule has 1 fully saturated rings. The molecule has 22 heavy (non-hydrogen) atoms. The van der Waals surface area contributed by atoms with Crippen LogP contribution < -0.4 is 0 Å². The molecule has 0 aromatic carbocycles. The molecule has 0 spiro atoms. The largest absolute Gasteiger partial charge is 0.465 e. The van der Waals surface area contributed by atoms with Gasteiger partial charge in [0.05, 0.1) is 13.4 Å². The predicted octanol–water partition coefficient (Wildman–Crippen LogP) is 2.81. The van der Waals surface area contributed by atoms with Gasteiger partial charge in [-0.3, -0.25) is 4.90 Å². The zero-order valence-corrected chi connectivity index (χ0v) is 13.8. The van der Waals surface area contributed by atoms with Crippen molar-refractivity contribution in [2.75, 3.05) is 20.2 Å². The van der Waals surface area contributed by atoms with Gasteiger partial charge in [0.2, 0.25) is 0 Å². The highest BCUT2D eigenvalue weighted by molar-refractivity contribution is 7.13. The van der Waals surface area contributed by atoms with Gasteiger partial charge in [-0.25, -0.2) is 9.78 Å². The zero-order chi connectivity index (χ0) is 15.5. The van der Waals surface area contributed by atoms with Gasteiger partial charge >= 0.3 is 5.97 Å². The van der Waals surface area contributed by atoms with Crippen molar-refractivity contribution < 1.29 is 9.53 Å². The Kier molecular flexibility index (Phi) is 4.59. The molecule has 5 nitrogen and oxygen atoms in total. The van der Waals surface area contributed by atoms with Crippen LogP contribution in [0.3, 0.4) is 0 Å². The monoisotopic (exact) mass is 319 g/mol. The fourth-order valence-electron chi connectivity index (χ4n) is 3.01. The maximum absolute atomic E-state index is 11.5. The van der Waals surface area contributed by atoms with Gasteiger partial charge in [0.1, 0.15) is 4.88 Å². The molecule has 118 valence electrons. The second-order valence-corrected chi connectivity index (χ2v) is 7.00. The van der Waals surface area contributed by atoms with Gasteiger partial charge in [-0.15, -0.1) is 11.3 Å². The van der Waals surface area contributed by atoms with Gasteiger partial charge in [0, 0.05) is 36.4 Å². The summed E-state index contributed by atoms with van der Waals surface area (Å²) in [7, 11) is 1.42. The van der Waals surface area contributed by atoms with E-state index in [2.05, 4.69) is 21.4 Å². The van der Waals surface area contributed by atoms with Crippen LogP contribution in [-0.4, -0.2) is 40.6 Å². The fourth-order valence-corrected chi connectivity index (χ4v) is 3.97. The Morgan fingerprint density at radius 2 is 2.36 bits per heavy atom. The lowest BCUT2D eigenvalue weighted by atomic mass is 9.93. The SMILES string of the molecule is COC(=O)c1ccc(CN2CC[C@H](C)[C@@H](n3ccnc3)C2)s1. The number of piperidine rings is 1. The molecule has 2 atom stereocenters. The van der Waals surface area contributed by atoms with Crippen molar-refractivity contribution in [3.8, 4) is 0 Å². The molecule has 2 aromatic heterocycles. The van der Waals surface area contributed by atoms with Gasteiger partial charge in [0.15, 0.2) is 0 Å². The number of thiophene rings is 1. The van der Waals surface area contributed by atoms with Crippen LogP contribution in [0.15, 0.2) is 30.9 Å². The van der Waals surface area contributed by atoms with Gasteiger partial charge in [-0.1, -0.05) is 6.92 Å². The van der Waals surface area contributed by atoms with E-state index < -0.39 is 0 Å². The molecule has 1 aliphatic rings. The second-order valence-electron chi connectivity index (χ2n) is 5.84. The normalized spacial score (nSPS) is 22.6. The molecule has 1 aliphatic heterocycles. The highest BCUT2D eigenvalue weighted by atomic mass is 32.1. The van der Waals surface area contributed by atoms with Gasteiger partial charge in [-0.05, 0) is 31.0 Å². The summed E-state index contributed by atoms with van der Waals surface area (Å²) in [5.41, 5.74) is 0. The van der Waals surface area contributed by atoms with Crippen LogP contribution >= 0.6 is 11.3 Å². The molecular weight excluding hydrogens is 298 g/mol. The summed E-state index contributed by atoms with van der Waals surface area (Å²) < 4.78 is 6.98. The summed E-state index contributed by atoms with van der Waals surface area (Å²) in [6, 6.07) is 4.35. The van der Waals surface area contributed by atoms with Crippen LogP contribution in [0.1, 0.15) is 33.9 Å². The molecule has 2 aromatic rings. The minimum atomic E-state index is -0.250. The van der Waals surface area contributed by atoms with Crippen molar-refractivity contribution in [2.24, 2.45) is 5.92 Å². The molecule has 0 N–H and O–H groups in total. The number of aromatic nitrogens is 2. The van der Waals surface area contributed by atoms with E-state index in [9.17, 15) is 4.79 Å². The molecule has 3 rings (SSSR count). The summed E-state index contributed by atoms with van der Waals surface area (Å²) in [4.78, 5) is 20.0. The summed E-state index contributed by atoms with van der Waals surface area (Å²) in [6.07, 6.45) is 6.97. The van der Waals surface area contributed by atoms with Crippen molar-refractivity contribution in [1.29, 1.82) is 0 Å².